The normalized spacial score (nSPS) is 49.6. The van der Waals surface area contributed by atoms with Gasteiger partial charge in [-0.05, 0) is 0 Å². The standard InChI is InChI=1S/C62H107NO51/c1-13(72)63-14(2-64)25(74)48(15(73)3-65)109-59-47(96)50(111-61-53(41(90)31(80)20(8-70)104-61)114-62-52(40(89)30(79)21(9-71)105-62)113-58-45(94)37(86)28(77)18(6-68)102-58)34(83)24(108-59)12-98-55-46(95)49(110-56-43(92)35(84)26(75)16(4-66)100-56)33(82)23(107-55)11-97-54-42(91)38(87)32(81)22(106-54)10-99-60-51(39(88)29(78)19(7-69)103-60)112-57-44(93)36(85)27(76)17(5-67)101-57/h14-62,64-71,73-96H,2-12H2,1H3,(H,63,72)/t14-,15+,16+,17+,18+,19+,20+,21+,22+,23+,24+,25+,26+,27+,28+,29+,30+,31+,32+,33+,34+,35-,36-,37-,38-,39-,40-,41-,42-,43-,44-,45-,46-,47-,48+,49-,50-,51-,52-,53-,54-,55-,56+,57+,58+,59-,60-,61+,62+/m0/s1. The number of aliphatic hydroxyl groups is 32. The number of hydrogen-bond acceptors (Lipinski definition) is 51. The lowest BCUT2D eigenvalue weighted by molar-refractivity contribution is -0.406. The Morgan fingerprint density at radius 2 is 0.535 bits per heavy atom. The third-order valence-corrected chi connectivity index (χ3v) is 20.9. The predicted octanol–water partition coefficient (Wildman–Crippen LogP) is -23.0. The molecule has 0 aromatic rings. The van der Waals surface area contributed by atoms with Gasteiger partial charge in [0.25, 0.3) is 0 Å². The van der Waals surface area contributed by atoms with Gasteiger partial charge in [0.2, 0.25) is 5.91 Å². The van der Waals surface area contributed by atoms with Crippen molar-refractivity contribution < 1.29 is 253 Å². The van der Waals surface area contributed by atoms with Crippen molar-refractivity contribution in [2.24, 2.45) is 0 Å². The third-order valence-electron chi connectivity index (χ3n) is 20.9. The molecular formula is C62H107NO51. The third kappa shape index (κ3) is 20.9. The predicted molar refractivity (Wildman–Crippen MR) is 343 cm³/mol. The Hall–Kier alpha value is -2.53. The molecule has 49 atom stereocenters. The average molecular weight is 1680 g/mol. The molecule has 9 heterocycles. The van der Waals surface area contributed by atoms with Crippen molar-refractivity contribution in [2.75, 3.05) is 72.7 Å². The smallest absolute Gasteiger partial charge is 0.217 e. The minimum atomic E-state index is -2.61. The molecule has 33 N–H and O–H groups in total. The monoisotopic (exact) mass is 1680 g/mol. The number of carbonyl (C=O) groups is 1. The maximum atomic E-state index is 12.4. The van der Waals surface area contributed by atoms with E-state index in [9.17, 15) is 168 Å². The second-order valence-electron chi connectivity index (χ2n) is 28.6. The van der Waals surface area contributed by atoms with Gasteiger partial charge in [-0.1, -0.05) is 0 Å². The van der Waals surface area contributed by atoms with Crippen molar-refractivity contribution in [3.8, 4) is 0 Å². The van der Waals surface area contributed by atoms with E-state index in [1.165, 1.54) is 0 Å². The fourth-order valence-corrected chi connectivity index (χ4v) is 14.1. The topological polar surface area (TPSA) is 843 Å². The van der Waals surface area contributed by atoms with Gasteiger partial charge in [0.1, 0.15) is 238 Å². The second-order valence-corrected chi connectivity index (χ2v) is 28.6. The second kappa shape index (κ2) is 42.0. The summed E-state index contributed by atoms with van der Waals surface area (Å²) < 4.78 is 104. The molecule has 9 saturated heterocycles. The van der Waals surface area contributed by atoms with Crippen LogP contribution in [0, 0.1) is 0 Å². The highest BCUT2D eigenvalue weighted by atomic mass is 16.8. The highest BCUT2D eigenvalue weighted by molar-refractivity contribution is 5.73. The summed E-state index contributed by atoms with van der Waals surface area (Å²) in [6.07, 6.45) is -104. The highest BCUT2D eigenvalue weighted by Crippen LogP contribution is 2.39. The van der Waals surface area contributed by atoms with Crippen LogP contribution in [0.15, 0.2) is 0 Å². The molecule has 9 fully saturated rings. The molecular weight excluding hydrogens is 1570 g/mol. The number of rotatable bonds is 33. The number of carbonyl (C=O) groups excluding carboxylic acids is 1. The number of ether oxygens (including phenoxy) is 18. The molecule has 0 aromatic carbocycles. The van der Waals surface area contributed by atoms with Crippen LogP contribution in [0.5, 0.6) is 0 Å². The van der Waals surface area contributed by atoms with Crippen LogP contribution < -0.4 is 5.32 Å². The van der Waals surface area contributed by atoms with Gasteiger partial charge < -0.3 is 254 Å². The summed E-state index contributed by atoms with van der Waals surface area (Å²) in [5, 5.41) is 352. The first-order valence-corrected chi connectivity index (χ1v) is 36.1. The van der Waals surface area contributed by atoms with E-state index in [0.29, 0.717) is 0 Å². The maximum Gasteiger partial charge on any atom is 0.217 e. The maximum absolute atomic E-state index is 12.4. The lowest BCUT2D eigenvalue weighted by Gasteiger charge is -2.50. The van der Waals surface area contributed by atoms with E-state index in [1.54, 1.807) is 0 Å². The van der Waals surface area contributed by atoms with Crippen LogP contribution in [0.2, 0.25) is 0 Å². The van der Waals surface area contributed by atoms with Crippen molar-refractivity contribution in [3.63, 3.8) is 0 Å². The van der Waals surface area contributed by atoms with Crippen LogP contribution in [0.25, 0.3) is 0 Å². The Kier molecular flexibility index (Phi) is 35.1. The van der Waals surface area contributed by atoms with E-state index in [2.05, 4.69) is 5.32 Å². The molecule has 0 saturated carbocycles. The van der Waals surface area contributed by atoms with E-state index >= 15 is 0 Å². The summed E-state index contributed by atoms with van der Waals surface area (Å²) in [5.74, 6) is -0.894. The molecule has 0 bridgehead atoms. The van der Waals surface area contributed by atoms with Crippen LogP contribution in [0.4, 0.5) is 0 Å². The molecule has 52 nitrogen and oxygen atoms in total. The van der Waals surface area contributed by atoms with Crippen molar-refractivity contribution in [2.45, 2.75) is 308 Å². The van der Waals surface area contributed by atoms with Gasteiger partial charge >= 0.3 is 0 Å². The zero-order chi connectivity index (χ0) is 84.1. The molecule has 0 unspecified atom stereocenters. The molecule has 9 rings (SSSR count). The van der Waals surface area contributed by atoms with Gasteiger partial charge in [-0.3, -0.25) is 4.79 Å². The van der Waals surface area contributed by atoms with E-state index in [-0.39, 0.29) is 0 Å². The van der Waals surface area contributed by atoms with E-state index in [1.807, 2.05) is 0 Å². The van der Waals surface area contributed by atoms with Gasteiger partial charge in [0.05, 0.1) is 78.7 Å². The molecule has 9 aliphatic heterocycles. The van der Waals surface area contributed by atoms with Gasteiger partial charge in [0, 0.05) is 6.92 Å². The summed E-state index contributed by atoms with van der Waals surface area (Å²) in [4.78, 5) is 12.2. The average Bonchev–Trinajstić information content (AvgIpc) is 0.777. The minimum Gasteiger partial charge on any atom is -0.394 e. The number of amides is 1. The van der Waals surface area contributed by atoms with Crippen molar-refractivity contribution in [1.29, 1.82) is 0 Å². The van der Waals surface area contributed by atoms with E-state index in [0.717, 1.165) is 6.92 Å². The fourth-order valence-electron chi connectivity index (χ4n) is 14.1. The molecule has 114 heavy (non-hydrogen) atoms. The summed E-state index contributed by atoms with van der Waals surface area (Å²) >= 11 is 0. The fraction of sp³-hybridized carbons (Fsp3) is 0.984. The number of nitrogens with one attached hydrogen (secondary N) is 1. The summed E-state index contributed by atoms with van der Waals surface area (Å²) in [6, 6.07) is -1.78. The number of hydrogen-bond donors (Lipinski definition) is 33. The summed E-state index contributed by atoms with van der Waals surface area (Å²) in [6.45, 7) is -11.3. The molecule has 1 amide bonds. The van der Waals surface area contributed by atoms with Gasteiger partial charge in [-0.15, -0.1) is 0 Å². The first kappa shape index (κ1) is 95.3. The zero-order valence-corrected chi connectivity index (χ0v) is 60.1. The van der Waals surface area contributed by atoms with Gasteiger partial charge in [0.15, 0.2) is 56.6 Å². The Balaban J connectivity index is 1.01. The Bertz CT molecular complexity index is 2860. The van der Waals surface area contributed by atoms with E-state index in [4.69, 9.17) is 85.3 Å². The van der Waals surface area contributed by atoms with Crippen LogP contribution in [-0.2, 0) is 90.1 Å². The SMILES string of the molecule is CC(=O)N[C@@H](CO)[C@@H](O)[C@H](O[C@@H]1O[C@H](CO[C@H]2O[C@H](CO[C@H]3O[C@H](CO[C@H]4O[C@H](CO)[C@@H](O)[C@H](O)[C@@H]4O[C@H]4O[C@H](CO)[C@@H](O)[C@H](O)[C@@H]4O)[C@@H](O)[C@H](O)[C@@H]3O)[C@@H](O)[C@H](O[C@H]3O[C@H](CO)[C@@H](O)[C@H](O)[C@@H]3O)[C@@H]2O)[C@@H](O)[C@H](O[C@H]2O[C@H](CO)[C@@H](O)[C@H](O)[C@@H]2O[C@H]2O[C@H](CO)[C@@H](O)[C@H](O)[C@@H]2O[C@H]2O[C@H](CO)[C@@H](O)[C@H](O)[C@@H]2O)[C@@H]1O)[C@H](O)CO. The highest BCUT2D eigenvalue weighted by Gasteiger charge is 2.60. The molecule has 9 aliphatic rings. The Morgan fingerprint density at radius 3 is 0.886 bits per heavy atom. The Morgan fingerprint density at radius 1 is 0.281 bits per heavy atom. The van der Waals surface area contributed by atoms with Crippen molar-refractivity contribution in [3.05, 3.63) is 0 Å². The minimum absolute atomic E-state index is 0.894. The quantitative estimate of drug-likeness (QED) is 0.0290. The van der Waals surface area contributed by atoms with Crippen molar-refractivity contribution >= 4 is 5.91 Å². The largest absolute Gasteiger partial charge is 0.394 e. The van der Waals surface area contributed by atoms with Crippen molar-refractivity contribution in [1.82, 2.24) is 5.32 Å². The molecule has 0 spiro atoms. The summed E-state index contributed by atoms with van der Waals surface area (Å²) in [7, 11) is 0. The lowest BCUT2D eigenvalue weighted by atomic mass is 9.95. The lowest BCUT2D eigenvalue weighted by Crippen LogP contribution is -2.68. The molecule has 0 radical (unpaired) electrons. The number of aliphatic hydroxyl groups excluding tert-OH is 32. The molecule has 0 aliphatic carbocycles. The van der Waals surface area contributed by atoms with Gasteiger partial charge in [-0.25, -0.2) is 0 Å². The van der Waals surface area contributed by atoms with Crippen LogP contribution >= 0.6 is 0 Å². The first-order chi connectivity index (χ1) is 53.9. The first-order valence-electron chi connectivity index (χ1n) is 36.1. The van der Waals surface area contributed by atoms with Gasteiger partial charge in [-0.2, -0.15) is 0 Å². The van der Waals surface area contributed by atoms with Crippen LogP contribution in [0.3, 0.4) is 0 Å². The van der Waals surface area contributed by atoms with Crippen LogP contribution in [0.1, 0.15) is 6.92 Å². The molecule has 0 aromatic heterocycles. The summed E-state index contributed by atoms with van der Waals surface area (Å²) in [5.41, 5.74) is 0. The molecule has 666 valence electrons. The Labute approximate surface area is 643 Å². The van der Waals surface area contributed by atoms with E-state index < -0.39 is 379 Å². The van der Waals surface area contributed by atoms with Crippen LogP contribution in [-0.4, -0.2) is 543 Å². The zero-order valence-electron chi connectivity index (χ0n) is 60.1. The molecule has 52 heteroatoms.